The molecular formula is C17H16F3N5. The first-order chi connectivity index (χ1) is 12.0. The number of anilines is 2. The molecule has 3 heterocycles. The summed E-state index contributed by atoms with van der Waals surface area (Å²) in [6, 6.07) is 7.26. The van der Waals surface area contributed by atoms with Crippen LogP contribution in [0.5, 0.6) is 0 Å². The van der Waals surface area contributed by atoms with Crippen LogP contribution in [0.1, 0.15) is 5.56 Å². The van der Waals surface area contributed by atoms with E-state index in [4.69, 9.17) is 0 Å². The second kappa shape index (κ2) is 5.94. The molecule has 0 aliphatic carbocycles. The van der Waals surface area contributed by atoms with Crippen molar-refractivity contribution in [2.24, 2.45) is 0 Å². The van der Waals surface area contributed by atoms with Crippen LogP contribution in [0.25, 0.3) is 5.52 Å². The van der Waals surface area contributed by atoms with Crippen molar-refractivity contribution in [1.82, 2.24) is 14.6 Å². The molecule has 8 heteroatoms. The third-order valence-corrected chi connectivity index (χ3v) is 4.44. The molecule has 1 saturated heterocycles. The van der Waals surface area contributed by atoms with E-state index in [0.29, 0.717) is 0 Å². The zero-order valence-corrected chi connectivity index (χ0v) is 13.3. The number of halogens is 3. The molecule has 130 valence electrons. The summed E-state index contributed by atoms with van der Waals surface area (Å²) in [7, 11) is 0. The van der Waals surface area contributed by atoms with Crippen molar-refractivity contribution in [3.63, 3.8) is 0 Å². The molecule has 0 radical (unpaired) electrons. The molecule has 2 aromatic heterocycles. The van der Waals surface area contributed by atoms with Gasteiger partial charge >= 0.3 is 6.18 Å². The molecule has 0 unspecified atom stereocenters. The average Bonchev–Trinajstić information content (AvgIpc) is 3.10. The fraction of sp³-hybridized carbons (Fsp3) is 0.294. The molecule has 3 aromatic rings. The minimum Gasteiger partial charge on any atom is -0.368 e. The van der Waals surface area contributed by atoms with Crippen LogP contribution in [-0.2, 0) is 6.18 Å². The van der Waals surface area contributed by atoms with Gasteiger partial charge in [0.25, 0.3) is 0 Å². The van der Waals surface area contributed by atoms with Crippen molar-refractivity contribution >= 4 is 17.0 Å². The molecule has 1 fully saturated rings. The predicted octanol–water partition coefficient (Wildman–Crippen LogP) is 3.07. The zero-order valence-electron chi connectivity index (χ0n) is 13.3. The van der Waals surface area contributed by atoms with Gasteiger partial charge in [-0.05, 0) is 30.3 Å². The molecule has 0 amide bonds. The first kappa shape index (κ1) is 15.7. The first-order valence-corrected chi connectivity index (χ1v) is 7.98. The van der Waals surface area contributed by atoms with E-state index in [2.05, 4.69) is 19.9 Å². The maximum Gasteiger partial charge on any atom is 0.416 e. The van der Waals surface area contributed by atoms with E-state index in [9.17, 15) is 13.2 Å². The standard InChI is InChI=1S/C17H16F3N5/c18-17(19,20)13-1-3-14(4-2-13)23-9-11-24(12-10-23)16-15-5-6-22-25(15)8-7-21-16/h1-8H,9-12H2. The van der Waals surface area contributed by atoms with Gasteiger partial charge < -0.3 is 9.80 Å². The number of hydrogen-bond acceptors (Lipinski definition) is 4. The molecule has 1 aliphatic rings. The predicted molar refractivity (Wildman–Crippen MR) is 88.9 cm³/mol. The Kier molecular flexibility index (Phi) is 3.74. The molecule has 0 bridgehead atoms. The van der Waals surface area contributed by atoms with Crippen molar-refractivity contribution in [2.45, 2.75) is 6.18 Å². The topological polar surface area (TPSA) is 36.7 Å². The number of nitrogens with zero attached hydrogens (tertiary/aromatic N) is 5. The van der Waals surface area contributed by atoms with Crippen molar-refractivity contribution in [3.05, 3.63) is 54.5 Å². The van der Waals surface area contributed by atoms with E-state index in [1.165, 1.54) is 12.1 Å². The van der Waals surface area contributed by atoms with Gasteiger partial charge in [0.15, 0.2) is 5.82 Å². The molecule has 5 nitrogen and oxygen atoms in total. The van der Waals surface area contributed by atoms with Gasteiger partial charge in [-0.25, -0.2) is 9.50 Å². The molecule has 0 atom stereocenters. The zero-order chi connectivity index (χ0) is 17.4. The molecule has 0 spiro atoms. The van der Waals surface area contributed by atoms with Gasteiger partial charge in [-0.3, -0.25) is 0 Å². The van der Waals surface area contributed by atoms with E-state index in [0.717, 1.165) is 55.3 Å². The lowest BCUT2D eigenvalue weighted by atomic mass is 10.1. The van der Waals surface area contributed by atoms with Crippen molar-refractivity contribution in [2.75, 3.05) is 36.0 Å². The van der Waals surface area contributed by atoms with Gasteiger partial charge in [-0.2, -0.15) is 18.3 Å². The van der Waals surface area contributed by atoms with Crippen LogP contribution in [0.3, 0.4) is 0 Å². The molecule has 25 heavy (non-hydrogen) atoms. The third kappa shape index (κ3) is 2.99. The summed E-state index contributed by atoms with van der Waals surface area (Å²) in [6.45, 7) is 2.95. The Morgan fingerprint density at radius 3 is 2.20 bits per heavy atom. The quantitative estimate of drug-likeness (QED) is 0.714. The summed E-state index contributed by atoms with van der Waals surface area (Å²) in [5, 5.41) is 4.21. The fourth-order valence-corrected chi connectivity index (χ4v) is 3.12. The van der Waals surface area contributed by atoms with Gasteiger partial charge in [0.2, 0.25) is 0 Å². The van der Waals surface area contributed by atoms with Crippen molar-refractivity contribution < 1.29 is 13.2 Å². The highest BCUT2D eigenvalue weighted by atomic mass is 19.4. The van der Waals surface area contributed by atoms with Gasteiger partial charge in [0, 0.05) is 44.3 Å². The summed E-state index contributed by atoms with van der Waals surface area (Å²) < 4.78 is 39.8. The van der Waals surface area contributed by atoms with E-state index in [1.807, 2.05) is 6.07 Å². The Bertz CT molecular complexity index is 864. The van der Waals surface area contributed by atoms with Crippen molar-refractivity contribution in [3.8, 4) is 0 Å². The highest BCUT2D eigenvalue weighted by Crippen LogP contribution is 2.31. The number of piperazine rings is 1. The molecule has 1 aromatic carbocycles. The number of benzene rings is 1. The number of aromatic nitrogens is 3. The smallest absolute Gasteiger partial charge is 0.368 e. The van der Waals surface area contributed by atoms with Gasteiger partial charge in [0.1, 0.15) is 5.52 Å². The van der Waals surface area contributed by atoms with E-state index in [1.54, 1.807) is 23.1 Å². The molecule has 0 N–H and O–H groups in total. The fourth-order valence-electron chi connectivity index (χ4n) is 3.12. The Labute approximate surface area is 142 Å². The highest BCUT2D eigenvalue weighted by molar-refractivity contribution is 5.68. The maximum absolute atomic E-state index is 12.7. The van der Waals surface area contributed by atoms with E-state index >= 15 is 0 Å². The third-order valence-electron chi connectivity index (χ3n) is 4.44. The Balaban J connectivity index is 1.47. The Morgan fingerprint density at radius 2 is 1.52 bits per heavy atom. The number of alkyl halides is 3. The molecule has 4 rings (SSSR count). The monoisotopic (exact) mass is 347 g/mol. The molecule has 1 aliphatic heterocycles. The number of hydrogen-bond donors (Lipinski definition) is 0. The number of rotatable bonds is 2. The lowest BCUT2D eigenvalue weighted by Gasteiger charge is -2.37. The van der Waals surface area contributed by atoms with E-state index < -0.39 is 11.7 Å². The van der Waals surface area contributed by atoms with Crippen LogP contribution in [0.2, 0.25) is 0 Å². The minimum absolute atomic E-state index is 0.619. The lowest BCUT2D eigenvalue weighted by molar-refractivity contribution is -0.137. The second-order valence-electron chi connectivity index (χ2n) is 5.93. The molecular weight excluding hydrogens is 331 g/mol. The largest absolute Gasteiger partial charge is 0.416 e. The average molecular weight is 347 g/mol. The van der Waals surface area contributed by atoms with Crippen LogP contribution in [0, 0.1) is 0 Å². The maximum atomic E-state index is 12.7. The van der Waals surface area contributed by atoms with Crippen LogP contribution in [0.15, 0.2) is 48.9 Å². The van der Waals surface area contributed by atoms with E-state index in [-0.39, 0.29) is 0 Å². The van der Waals surface area contributed by atoms with Crippen LogP contribution in [0.4, 0.5) is 24.7 Å². The van der Waals surface area contributed by atoms with Crippen LogP contribution >= 0.6 is 0 Å². The Hall–Kier alpha value is -2.77. The highest BCUT2D eigenvalue weighted by Gasteiger charge is 2.30. The lowest BCUT2D eigenvalue weighted by Crippen LogP contribution is -2.47. The van der Waals surface area contributed by atoms with Gasteiger partial charge in [-0.15, -0.1) is 0 Å². The first-order valence-electron chi connectivity index (χ1n) is 7.98. The van der Waals surface area contributed by atoms with Crippen LogP contribution < -0.4 is 9.80 Å². The van der Waals surface area contributed by atoms with Crippen molar-refractivity contribution in [1.29, 1.82) is 0 Å². The van der Waals surface area contributed by atoms with Crippen LogP contribution in [-0.4, -0.2) is 40.8 Å². The summed E-state index contributed by atoms with van der Waals surface area (Å²) in [4.78, 5) is 8.73. The summed E-state index contributed by atoms with van der Waals surface area (Å²) in [5.74, 6) is 0.882. The van der Waals surface area contributed by atoms with Gasteiger partial charge in [0.05, 0.1) is 11.8 Å². The summed E-state index contributed by atoms with van der Waals surface area (Å²) >= 11 is 0. The van der Waals surface area contributed by atoms with Gasteiger partial charge in [-0.1, -0.05) is 0 Å². The summed E-state index contributed by atoms with van der Waals surface area (Å²) in [6.07, 6.45) is 0.959. The number of fused-ring (bicyclic) bond motifs is 1. The second-order valence-corrected chi connectivity index (χ2v) is 5.93. The normalized spacial score (nSPS) is 15.8. The summed E-state index contributed by atoms with van der Waals surface area (Å²) in [5.41, 5.74) is 1.14. The molecule has 0 saturated carbocycles. The Morgan fingerprint density at radius 1 is 0.840 bits per heavy atom. The SMILES string of the molecule is FC(F)(F)c1ccc(N2CCN(c3nccn4nccc34)CC2)cc1. The minimum atomic E-state index is -4.30.